The fourth-order valence-electron chi connectivity index (χ4n) is 2.55. The topological polar surface area (TPSA) is 68.3 Å². The predicted octanol–water partition coefficient (Wildman–Crippen LogP) is 3.59. The minimum absolute atomic E-state index is 0.207. The molecule has 0 fully saturated rings. The molecule has 0 spiro atoms. The molecule has 0 aliphatic carbocycles. The number of nitrogens with one attached hydrogen (secondary N) is 1. The third kappa shape index (κ3) is 4.01. The fraction of sp³-hybridized carbons (Fsp3) is 0.150. The van der Waals surface area contributed by atoms with Crippen molar-refractivity contribution in [2.75, 3.05) is 11.9 Å². The van der Waals surface area contributed by atoms with Gasteiger partial charge in [0.05, 0.1) is 0 Å². The van der Waals surface area contributed by atoms with Crippen LogP contribution in [-0.4, -0.2) is 23.5 Å². The maximum absolute atomic E-state index is 12.3. The van der Waals surface area contributed by atoms with E-state index in [-0.39, 0.29) is 18.2 Å². The largest absolute Gasteiger partial charge is 0.451 e. The summed E-state index contributed by atoms with van der Waals surface area (Å²) in [7, 11) is 0. The Balaban J connectivity index is 1.64. The first kappa shape index (κ1) is 16.6. The molecule has 5 heteroatoms. The second-order valence-electron chi connectivity index (χ2n) is 5.56. The SMILES string of the molecule is CCc1cccc(NC(=O)COC(=O)c2nccc3ccccc23)c1. The van der Waals surface area contributed by atoms with Crippen molar-refractivity contribution in [1.82, 2.24) is 4.98 Å². The van der Waals surface area contributed by atoms with Crippen molar-refractivity contribution < 1.29 is 14.3 Å². The van der Waals surface area contributed by atoms with Crippen LogP contribution >= 0.6 is 0 Å². The zero-order valence-electron chi connectivity index (χ0n) is 13.9. The Hall–Kier alpha value is -3.21. The number of pyridine rings is 1. The van der Waals surface area contributed by atoms with Crippen molar-refractivity contribution >= 4 is 28.3 Å². The third-order valence-electron chi connectivity index (χ3n) is 3.82. The van der Waals surface area contributed by atoms with Crippen LogP contribution in [-0.2, 0) is 16.0 Å². The number of nitrogens with zero attached hydrogens (tertiary/aromatic N) is 1. The molecule has 0 radical (unpaired) electrons. The van der Waals surface area contributed by atoms with Crippen LogP contribution in [0.3, 0.4) is 0 Å². The highest BCUT2D eigenvalue weighted by molar-refractivity contribution is 6.03. The summed E-state index contributed by atoms with van der Waals surface area (Å²) >= 11 is 0. The van der Waals surface area contributed by atoms with E-state index >= 15 is 0 Å². The number of anilines is 1. The van der Waals surface area contributed by atoms with Crippen LogP contribution in [0.2, 0.25) is 0 Å². The van der Waals surface area contributed by atoms with Gasteiger partial charge in [-0.25, -0.2) is 9.78 Å². The molecule has 3 rings (SSSR count). The molecule has 0 unspecified atom stereocenters. The molecule has 3 aromatic rings. The van der Waals surface area contributed by atoms with Gasteiger partial charge in [0.1, 0.15) is 0 Å². The summed E-state index contributed by atoms with van der Waals surface area (Å²) in [6.07, 6.45) is 2.43. The smallest absolute Gasteiger partial charge is 0.358 e. The molecule has 0 saturated carbocycles. The molecule has 1 aromatic heterocycles. The number of aryl methyl sites for hydroxylation is 1. The average Bonchev–Trinajstić information content (AvgIpc) is 2.65. The average molecular weight is 334 g/mol. The summed E-state index contributed by atoms with van der Waals surface area (Å²) in [6.45, 7) is 1.68. The number of hydrogen-bond acceptors (Lipinski definition) is 4. The van der Waals surface area contributed by atoms with Crippen LogP contribution in [0.25, 0.3) is 10.8 Å². The van der Waals surface area contributed by atoms with Crippen molar-refractivity contribution in [2.45, 2.75) is 13.3 Å². The molecule has 1 N–H and O–H groups in total. The maximum Gasteiger partial charge on any atom is 0.358 e. The van der Waals surface area contributed by atoms with Crippen molar-refractivity contribution in [3.63, 3.8) is 0 Å². The fourth-order valence-corrected chi connectivity index (χ4v) is 2.55. The first-order valence-corrected chi connectivity index (χ1v) is 8.07. The summed E-state index contributed by atoms with van der Waals surface area (Å²) in [5, 5.41) is 4.32. The normalized spacial score (nSPS) is 10.4. The first-order chi connectivity index (χ1) is 12.2. The van der Waals surface area contributed by atoms with Crippen molar-refractivity contribution in [2.24, 2.45) is 0 Å². The molecule has 25 heavy (non-hydrogen) atoms. The van der Waals surface area contributed by atoms with Gasteiger partial charge in [-0.15, -0.1) is 0 Å². The minimum Gasteiger partial charge on any atom is -0.451 e. The monoisotopic (exact) mass is 334 g/mol. The van der Waals surface area contributed by atoms with E-state index in [1.54, 1.807) is 18.3 Å². The zero-order valence-corrected chi connectivity index (χ0v) is 13.9. The van der Waals surface area contributed by atoms with Crippen molar-refractivity contribution in [3.8, 4) is 0 Å². The molecule has 2 aromatic carbocycles. The summed E-state index contributed by atoms with van der Waals surface area (Å²) < 4.78 is 5.11. The molecule has 1 amide bonds. The summed E-state index contributed by atoms with van der Waals surface area (Å²) in [5.74, 6) is -1.00. The molecule has 0 saturated heterocycles. The Morgan fingerprint density at radius 1 is 1.08 bits per heavy atom. The summed E-state index contributed by atoms with van der Waals surface area (Å²) in [6, 6.07) is 16.8. The second kappa shape index (κ2) is 7.57. The van der Waals surface area contributed by atoms with Crippen LogP contribution in [0.5, 0.6) is 0 Å². The molecule has 1 heterocycles. The molecule has 0 bridgehead atoms. The summed E-state index contributed by atoms with van der Waals surface area (Å²) in [4.78, 5) is 28.3. The minimum atomic E-state index is -0.616. The Labute approximate surface area is 145 Å². The standard InChI is InChI=1S/C20H18N2O3/c1-2-14-6-5-8-16(12-14)22-18(23)13-25-20(24)19-17-9-4-3-7-15(17)10-11-21-19/h3-12H,2,13H2,1H3,(H,22,23). The van der Waals surface area contributed by atoms with Crippen LogP contribution in [0.15, 0.2) is 60.8 Å². The Kier molecular flexibility index (Phi) is 5.04. The van der Waals surface area contributed by atoms with E-state index in [0.29, 0.717) is 11.1 Å². The number of hydrogen-bond donors (Lipinski definition) is 1. The number of amides is 1. The highest BCUT2D eigenvalue weighted by atomic mass is 16.5. The molecule has 0 atom stereocenters. The lowest BCUT2D eigenvalue weighted by atomic mass is 10.1. The number of esters is 1. The first-order valence-electron chi connectivity index (χ1n) is 8.07. The van der Waals surface area contributed by atoms with Crippen molar-refractivity contribution in [3.05, 3.63) is 72.1 Å². The lowest BCUT2D eigenvalue weighted by Gasteiger charge is -2.08. The van der Waals surface area contributed by atoms with Gasteiger partial charge in [0.15, 0.2) is 12.3 Å². The number of carbonyl (C=O) groups is 2. The van der Waals surface area contributed by atoms with Gasteiger partial charge in [-0.05, 0) is 35.6 Å². The molecule has 0 aliphatic heterocycles. The van der Waals surface area contributed by atoms with E-state index in [1.165, 1.54) is 0 Å². The lowest BCUT2D eigenvalue weighted by molar-refractivity contribution is -0.119. The number of carbonyl (C=O) groups excluding carboxylic acids is 2. The molecular weight excluding hydrogens is 316 g/mol. The van der Waals surface area contributed by atoms with E-state index in [1.807, 2.05) is 49.4 Å². The van der Waals surface area contributed by atoms with Gasteiger partial charge >= 0.3 is 5.97 Å². The van der Waals surface area contributed by atoms with E-state index in [9.17, 15) is 9.59 Å². The number of benzene rings is 2. The highest BCUT2D eigenvalue weighted by Crippen LogP contribution is 2.17. The van der Waals surface area contributed by atoms with Gasteiger partial charge in [-0.3, -0.25) is 4.79 Å². The van der Waals surface area contributed by atoms with Crippen LogP contribution < -0.4 is 5.32 Å². The van der Waals surface area contributed by atoms with E-state index in [2.05, 4.69) is 10.3 Å². The Morgan fingerprint density at radius 2 is 1.92 bits per heavy atom. The lowest BCUT2D eigenvalue weighted by Crippen LogP contribution is -2.21. The Morgan fingerprint density at radius 3 is 2.76 bits per heavy atom. The van der Waals surface area contributed by atoms with Crippen LogP contribution in [0.1, 0.15) is 23.0 Å². The zero-order chi connectivity index (χ0) is 17.6. The number of rotatable bonds is 5. The second-order valence-corrected chi connectivity index (χ2v) is 5.56. The Bertz CT molecular complexity index is 916. The maximum atomic E-state index is 12.3. The van der Waals surface area contributed by atoms with Gasteiger partial charge in [0, 0.05) is 17.3 Å². The van der Waals surface area contributed by atoms with E-state index in [4.69, 9.17) is 4.74 Å². The van der Waals surface area contributed by atoms with Gasteiger partial charge in [0.25, 0.3) is 5.91 Å². The van der Waals surface area contributed by atoms with Gasteiger partial charge in [-0.2, -0.15) is 0 Å². The van der Waals surface area contributed by atoms with E-state index in [0.717, 1.165) is 17.4 Å². The molecule has 126 valence electrons. The van der Waals surface area contributed by atoms with E-state index < -0.39 is 5.97 Å². The van der Waals surface area contributed by atoms with Gasteiger partial charge in [-0.1, -0.05) is 43.3 Å². The highest BCUT2D eigenvalue weighted by Gasteiger charge is 2.14. The van der Waals surface area contributed by atoms with Gasteiger partial charge in [0.2, 0.25) is 0 Å². The number of fused-ring (bicyclic) bond motifs is 1. The molecule has 5 nitrogen and oxygen atoms in total. The number of aromatic nitrogens is 1. The summed E-state index contributed by atoms with van der Waals surface area (Å²) in [5.41, 5.74) is 2.01. The predicted molar refractivity (Wildman–Crippen MR) is 96.5 cm³/mol. The third-order valence-corrected chi connectivity index (χ3v) is 3.82. The van der Waals surface area contributed by atoms with Crippen molar-refractivity contribution in [1.29, 1.82) is 0 Å². The molecule has 0 aliphatic rings. The van der Waals surface area contributed by atoms with Gasteiger partial charge < -0.3 is 10.1 Å². The number of ether oxygens (including phenoxy) is 1. The van der Waals surface area contributed by atoms with Crippen LogP contribution in [0, 0.1) is 0 Å². The quantitative estimate of drug-likeness (QED) is 0.724. The molecular formula is C20H18N2O3. The van der Waals surface area contributed by atoms with Crippen LogP contribution in [0.4, 0.5) is 5.69 Å².